The molecule has 0 aromatic carbocycles. The molecular formula is C12H10N2O2. The minimum atomic E-state index is -0.395. The number of carbonyl (C=O) groups excluding carboxylic acids is 1. The highest BCUT2D eigenvalue weighted by Gasteiger charge is 1.99. The maximum atomic E-state index is 11.0. The number of methoxy groups -OCH3 is 1. The molecule has 4 nitrogen and oxygen atoms in total. The van der Waals surface area contributed by atoms with Crippen LogP contribution in [0.25, 0.3) is 17.0 Å². The molecule has 0 N–H and O–H groups in total. The molecule has 4 heteroatoms. The number of pyridine rings is 2. The van der Waals surface area contributed by atoms with Crippen LogP contribution in [-0.4, -0.2) is 23.0 Å². The molecule has 2 rings (SSSR count). The Hall–Kier alpha value is -2.23. The average molecular weight is 214 g/mol. The van der Waals surface area contributed by atoms with Crippen molar-refractivity contribution in [2.75, 3.05) is 7.11 Å². The van der Waals surface area contributed by atoms with Crippen molar-refractivity contribution in [1.29, 1.82) is 0 Å². The monoisotopic (exact) mass is 214 g/mol. The summed E-state index contributed by atoms with van der Waals surface area (Å²) in [6.07, 6.45) is 8.10. The fraction of sp³-hybridized carbons (Fsp3) is 0.0833. The van der Waals surface area contributed by atoms with Crippen LogP contribution in [0, 0.1) is 0 Å². The quantitative estimate of drug-likeness (QED) is 0.565. The Labute approximate surface area is 92.6 Å². The van der Waals surface area contributed by atoms with Gasteiger partial charge in [0.15, 0.2) is 0 Å². The molecule has 0 saturated carbocycles. The first kappa shape index (κ1) is 10.3. The summed E-state index contributed by atoms with van der Waals surface area (Å²) in [4.78, 5) is 19.3. The van der Waals surface area contributed by atoms with Crippen LogP contribution in [0.4, 0.5) is 0 Å². The molecule has 0 atom stereocenters. The van der Waals surface area contributed by atoms with Crippen LogP contribution < -0.4 is 0 Å². The van der Waals surface area contributed by atoms with E-state index in [0.29, 0.717) is 0 Å². The van der Waals surface area contributed by atoms with Crippen LogP contribution in [0.2, 0.25) is 0 Å². The predicted molar refractivity (Wildman–Crippen MR) is 60.6 cm³/mol. The van der Waals surface area contributed by atoms with Crippen molar-refractivity contribution in [3.8, 4) is 0 Å². The van der Waals surface area contributed by atoms with Crippen molar-refractivity contribution < 1.29 is 9.53 Å². The van der Waals surface area contributed by atoms with Crippen molar-refractivity contribution in [3.05, 3.63) is 42.4 Å². The predicted octanol–water partition coefficient (Wildman–Crippen LogP) is 1.82. The van der Waals surface area contributed by atoms with Crippen molar-refractivity contribution >= 4 is 22.9 Å². The van der Waals surface area contributed by atoms with E-state index >= 15 is 0 Å². The zero-order valence-corrected chi connectivity index (χ0v) is 8.75. The Morgan fingerprint density at radius 3 is 3.12 bits per heavy atom. The summed E-state index contributed by atoms with van der Waals surface area (Å²) in [6, 6.07) is 3.77. The number of nitrogens with zero attached hydrogens (tertiary/aromatic N) is 2. The maximum absolute atomic E-state index is 11.0. The largest absolute Gasteiger partial charge is 0.466 e. The Morgan fingerprint density at radius 1 is 1.44 bits per heavy atom. The topological polar surface area (TPSA) is 52.1 Å². The normalized spacial score (nSPS) is 10.8. The first-order chi connectivity index (χ1) is 7.81. The number of hydrogen-bond acceptors (Lipinski definition) is 4. The van der Waals surface area contributed by atoms with Crippen LogP contribution in [0.1, 0.15) is 5.56 Å². The summed E-state index contributed by atoms with van der Waals surface area (Å²) in [7, 11) is 1.34. The lowest BCUT2D eigenvalue weighted by atomic mass is 10.2. The number of esters is 1. The molecule has 0 fully saturated rings. The molecule has 16 heavy (non-hydrogen) atoms. The van der Waals surface area contributed by atoms with Gasteiger partial charge in [-0.2, -0.15) is 0 Å². The van der Waals surface area contributed by atoms with Crippen molar-refractivity contribution in [2.45, 2.75) is 0 Å². The van der Waals surface area contributed by atoms with E-state index in [0.717, 1.165) is 16.5 Å². The Bertz CT molecular complexity index is 544. The summed E-state index contributed by atoms with van der Waals surface area (Å²) in [6.45, 7) is 0. The van der Waals surface area contributed by atoms with E-state index in [1.54, 1.807) is 24.7 Å². The van der Waals surface area contributed by atoms with Crippen molar-refractivity contribution in [1.82, 2.24) is 9.97 Å². The van der Waals surface area contributed by atoms with Gasteiger partial charge in [-0.1, -0.05) is 0 Å². The first-order valence-electron chi connectivity index (χ1n) is 4.76. The molecule has 0 spiro atoms. The van der Waals surface area contributed by atoms with Gasteiger partial charge < -0.3 is 4.74 Å². The number of hydrogen-bond donors (Lipinski definition) is 0. The Kier molecular flexibility index (Phi) is 2.91. The van der Waals surface area contributed by atoms with Gasteiger partial charge in [0.25, 0.3) is 0 Å². The lowest BCUT2D eigenvalue weighted by Gasteiger charge is -1.99. The number of rotatable bonds is 2. The minimum Gasteiger partial charge on any atom is -0.466 e. The summed E-state index contributed by atoms with van der Waals surface area (Å²) >= 11 is 0. The van der Waals surface area contributed by atoms with E-state index in [1.807, 2.05) is 12.1 Å². The third kappa shape index (κ3) is 2.06. The molecule has 0 bridgehead atoms. The van der Waals surface area contributed by atoms with Gasteiger partial charge in [0.2, 0.25) is 0 Å². The molecule has 0 amide bonds. The van der Waals surface area contributed by atoms with Gasteiger partial charge in [0, 0.05) is 35.6 Å². The standard InChI is InChI=1S/C12H10N2O2/c1-16-11(15)5-4-10-8-13-7-9-3-2-6-14-12(9)10/h2-8H,1H3. The molecule has 2 aromatic rings. The minimum absolute atomic E-state index is 0.395. The van der Waals surface area contributed by atoms with Crippen LogP contribution in [0.5, 0.6) is 0 Å². The molecule has 0 saturated heterocycles. The molecule has 2 aromatic heterocycles. The van der Waals surface area contributed by atoms with Gasteiger partial charge in [-0.3, -0.25) is 9.97 Å². The smallest absolute Gasteiger partial charge is 0.330 e. The maximum Gasteiger partial charge on any atom is 0.330 e. The highest BCUT2D eigenvalue weighted by molar-refractivity contribution is 5.92. The summed E-state index contributed by atoms with van der Waals surface area (Å²) in [5.74, 6) is -0.395. The fourth-order valence-corrected chi connectivity index (χ4v) is 1.37. The van der Waals surface area contributed by atoms with E-state index in [9.17, 15) is 4.79 Å². The SMILES string of the molecule is COC(=O)C=Cc1cncc2cccnc12. The van der Waals surface area contributed by atoms with Gasteiger partial charge >= 0.3 is 5.97 Å². The van der Waals surface area contributed by atoms with Gasteiger partial charge in [0.1, 0.15) is 0 Å². The van der Waals surface area contributed by atoms with Crippen LogP contribution in [0.15, 0.2) is 36.8 Å². The van der Waals surface area contributed by atoms with Crippen LogP contribution in [-0.2, 0) is 9.53 Å². The van der Waals surface area contributed by atoms with Gasteiger partial charge in [-0.15, -0.1) is 0 Å². The van der Waals surface area contributed by atoms with E-state index in [1.165, 1.54) is 13.2 Å². The second kappa shape index (κ2) is 4.53. The average Bonchev–Trinajstić information content (AvgIpc) is 2.35. The lowest BCUT2D eigenvalue weighted by Crippen LogP contribution is -1.93. The summed E-state index contributed by atoms with van der Waals surface area (Å²) in [5, 5.41) is 0.939. The van der Waals surface area contributed by atoms with Crippen LogP contribution >= 0.6 is 0 Å². The third-order valence-electron chi connectivity index (χ3n) is 2.14. The lowest BCUT2D eigenvalue weighted by molar-refractivity contribution is -0.134. The molecule has 2 heterocycles. The molecule has 0 unspecified atom stereocenters. The third-order valence-corrected chi connectivity index (χ3v) is 2.14. The number of aromatic nitrogens is 2. The zero-order valence-electron chi connectivity index (χ0n) is 8.75. The van der Waals surface area contributed by atoms with Gasteiger partial charge in [0.05, 0.1) is 12.6 Å². The zero-order chi connectivity index (χ0) is 11.4. The highest BCUT2D eigenvalue weighted by atomic mass is 16.5. The molecule has 0 aliphatic rings. The first-order valence-corrected chi connectivity index (χ1v) is 4.76. The molecular weight excluding hydrogens is 204 g/mol. The molecule has 80 valence electrons. The fourth-order valence-electron chi connectivity index (χ4n) is 1.37. The number of ether oxygens (including phenoxy) is 1. The number of fused-ring (bicyclic) bond motifs is 1. The van der Waals surface area contributed by atoms with Gasteiger partial charge in [-0.25, -0.2) is 4.79 Å². The Balaban J connectivity index is 2.45. The molecule has 0 aliphatic heterocycles. The van der Waals surface area contributed by atoms with E-state index in [-0.39, 0.29) is 0 Å². The summed E-state index contributed by atoms with van der Waals surface area (Å²) in [5.41, 5.74) is 1.61. The Morgan fingerprint density at radius 2 is 2.31 bits per heavy atom. The van der Waals surface area contributed by atoms with Gasteiger partial charge in [-0.05, 0) is 18.2 Å². The molecule has 0 aliphatic carbocycles. The second-order valence-corrected chi connectivity index (χ2v) is 3.16. The van der Waals surface area contributed by atoms with Crippen LogP contribution in [0.3, 0.4) is 0 Å². The van der Waals surface area contributed by atoms with E-state index in [2.05, 4.69) is 14.7 Å². The van der Waals surface area contributed by atoms with E-state index in [4.69, 9.17) is 0 Å². The molecule has 0 radical (unpaired) electrons. The highest BCUT2D eigenvalue weighted by Crippen LogP contribution is 2.15. The summed E-state index contributed by atoms with van der Waals surface area (Å²) < 4.78 is 4.52. The second-order valence-electron chi connectivity index (χ2n) is 3.16. The van der Waals surface area contributed by atoms with Crippen molar-refractivity contribution in [3.63, 3.8) is 0 Å². The van der Waals surface area contributed by atoms with E-state index < -0.39 is 5.97 Å². The number of carbonyl (C=O) groups is 1. The van der Waals surface area contributed by atoms with Crippen molar-refractivity contribution in [2.24, 2.45) is 0 Å².